The van der Waals surface area contributed by atoms with E-state index in [1.54, 1.807) is 24.3 Å². The molecule has 0 aliphatic rings. The number of aromatic amines is 1. The first-order valence-electron chi connectivity index (χ1n) is 7.01. The number of tetrazole rings is 1. The molecule has 2 aromatic carbocycles. The highest BCUT2D eigenvalue weighted by atomic mass is 19.4. The number of amides is 2. The monoisotopic (exact) mass is 348 g/mol. The van der Waals surface area contributed by atoms with E-state index in [-0.39, 0.29) is 5.69 Å². The lowest BCUT2D eigenvalue weighted by molar-refractivity contribution is -0.136. The number of halogens is 3. The number of aromatic nitrogens is 4. The fourth-order valence-corrected chi connectivity index (χ4v) is 2.11. The molecule has 25 heavy (non-hydrogen) atoms. The van der Waals surface area contributed by atoms with Gasteiger partial charge in [0, 0.05) is 11.3 Å². The number of nitrogens with zero attached hydrogens (tertiary/aromatic N) is 3. The Labute approximate surface area is 139 Å². The summed E-state index contributed by atoms with van der Waals surface area (Å²) in [5, 5.41) is 18.0. The third kappa shape index (κ3) is 3.91. The van der Waals surface area contributed by atoms with Gasteiger partial charge in [0.1, 0.15) is 0 Å². The minimum Gasteiger partial charge on any atom is -0.308 e. The van der Waals surface area contributed by atoms with Crippen LogP contribution in [0.4, 0.5) is 29.3 Å². The molecule has 0 radical (unpaired) electrons. The molecule has 3 N–H and O–H groups in total. The van der Waals surface area contributed by atoms with Gasteiger partial charge in [0.15, 0.2) is 0 Å². The number of urea groups is 1. The van der Waals surface area contributed by atoms with Gasteiger partial charge >= 0.3 is 12.2 Å². The first-order valence-corrected chi connectivity index (χ1v) is 7.01. The highest BCUT2D eigenvalue weighted by Gasteiger charge is 2.33. The number of H-pyrrole nitrogens is 1. The molecule has 0 spiro atoms. The summed E-state index contributed by atoms with van der Waals surface area (Å²) in [6, 6.07) is 10.4. The van der Waals surface area contributed by atoms with E-state index in [2.05, 4.69) is 31.3 Å². The van der Waals surface area contributed by atoms with Crippen LogP contribution < -0.4 is 10.6 Å². The molecule has 1 aromatic heterocycles. The molecule has 0 saturated heterocycles. The molecule has 0 atom stereocenters. The van der Waals surface area contributed by atoms with Crippen LogP contribution in [-0.4, -0.2) is 26.7 Å². The van der Waals surface area contributed by atoms with Gasteiger partial charge in [0.25, 0.3) is 0 Å². The fourth-order valence-electron chi connectivity index (χ4n) is 2.11. The summed E-state index contributed by atoms with van der Waals surface area (Å²) in [5.74, 6) is 0.384. The zero-order chi connectivity index (χ0) is 17.9. The molecule has 0 aliphatic carbocycles. The number of para-hydroxylation sites is 1. The van der Waals surface area contributed by atoms with E-state index in [1.165, 1.54) is 18.2 Å². The van der Waals surface area contributed by atoms with Gasteiger partial charge in [-0.1, -0.05) is 12.1 Å². The number of hydrogen-bond acceptors (Lipinski definition) is 4. The maximum absolute atomic E-state index is 12.9. The number of benzene rings is 2. The number of alkyl halides is 3. The average Bonchev–Trinajstić information content (AvgIpc) is 3.09. The van der Waals surface area contributed by atoms with Crippen LogP contribution in [-0.2, 0) is 6.18 Å². The second kappa shape index (κ2) is 6.59. The van der Waals surface area contributed by atoms with E-state index < -0.39 is 17.8 Å². The lowest BCUT2D eigenvalue weighted by Crippen LogP contribution is -2.21. The first kappa shape index (κ1) is 16.4. The van der Waals surface area contributed by atoms with Crippen molar-refractivity contribution in [2.75, 3.05) is 10.6 Å². The van der Waals surface area contributed by atoms with Crippen molar-refractivity contribution in [3.05, 3.63) is 54.1 Å². The quantitative estimate of drug-likeness (QED) is 0.675. The minimum absolute atomic E-state index is 0.323. The van der Waals surface area contributed by atoms with Crippen molar-refractivity contribution < 1.29 is 18.0 Å². The summed E-state index contributed by atoms with van der Waals surface area (Å²) in [7, 11) is 0. The molecule has 7 nitrogen and oxygen atoms in total. The Balaban J connectivity index is 1.69. The summed E-state index contributed by atoms with van der Waals surface area (Å²) in [5.41, 5.74) is -0.176. The SMILES string of the molecule is O=C(Nc1ccc(-c2nn[nH]n2)cc1)Nc1ccccc1C(F)(F)F. The number of anilines is 2. The van der Waals surface area contributed by atoms with Gasteiger partial charge in [0.2, 0.25) is 5.82 Å². The number of nitrogens with one attached hydrogen (secondary N) is 3. The second-order valence-corrected chi connectivity index (χ2v) is 4.94. The van der Waals surface area contributed by atoms with Gasteiger partial charge in [0.05, 0.1) is 11.3 Å². The van der Waals surface area contributed by atoms with Crippen LogP contribution in [0, 0.1) is 0 Å². The molecular formula is C15H11F3N6O. The van der Waals surface area contributed by atoms with E-state index >= 15 is 0 Å². The number of carbonyl (C=O) groups is 1. The summed E-state index contributed by atoms with van der Waals surface area (Å²) in [6.45, 7) is 0. The van der Waals surface area contributed by atoms with E-state index in [0.717, 1.165) is 6.07 Å². The van der Waals surface area contributed by atoms with Crippen molar-refractivity contribution in [2.45, 2.75) is 6.18 Å². The van der Waals surface area contributed by atoms with Crippen LogP contribution in [0.15, 0.2) is 48.5 Å². The van der Waals surface area contributed by atoms with Crippen LogP contribution >= 0.6 is 0 Å². The van der Waals surface area contributed by atoms with Gasteiger partial charge in [-0.3, -0.25) is 0 Å². The first-order chi connectivity index (χ1) is 11.9. The Morgan fingerprint density at radius 2 is 1.72 bits per heavy atom. The smallest absolute Gasteiger partial charge is 0.308 e. The summed E-state index contributed by atoms with van der Waals surface area (Å²) >= 11 is 0. The predicted molar refractivity (Wildman–Crippen MR) is 83.7 cm³/mol. The Kier molecular flexibility index (Phi) is 4.33. The zero-order valence-electron chi connectivity index (χ0n) is 12.5. The second-order valence-electron chi connectivity index (χ2n) is 4.94. The van der Waals surface area contributed by atoms with Crippen LogP contribution in [0.5, 0.6) is 0 Å². The zero-order valence-corrected chi connectivity index (χ0v) is 12.5. The molecule has 0 unspecified atom stereocenters. The van der Waals surface area contributed by atoms with E-state index in [4.69, 9.17) is 0 Å². The molecule has 0 saturated carbocycles. The van der Waals surface area contributed by atoms with Crippen molar-refractivity contribution in [2.24, 2.45) is 0 Å². The van der Waals surface area contributed by atoms with Crippen molar-refractivity contribution in [3.63, 3.8) is 0 Å². The molecule has 10 heteroatoms. The highest BCUT2D eigenvalue weighted by molar-refractivity contribution is 6.00. The van der Waals surface area contributed by atoms with Crippen molar-refractivity contribution >= 4 is 17.4 Å². The Hall–Kier alpha value is -3.43. The predicted octanol–water partition coefficient (Wildman–Crippen LogP) is 3.53. The minimum atomic E-state index is -4.56. The van der Waals surface area contributed by atoms with E-state index in [9.17, 15) is 18.0 Å². The van der Waals surface area contributed by atoms with E-state index in [1.807, 2.05) is 0 Å². The van der Waals surface area contributed by atoms with Gasteiger partial charge in [-0.25, -0.2) is 4.79 Å². The van der Waals surface area contributed by atoms with Gasteiger partial charge in [-0.05, 0) is 41.6 Å². The van der Waals surface area contributed by atoms with Crippen LogP contribution in [0.1, 0.15) is 5.56 Å². The number of carbonyl (C=O) groups excluding carboxylic acids is 1. The van der Waals surface area contributed by atoms with Crippen molar-refractivity contribution in [3.8, 4) is 11.4 Å². The molecular weight excluding hydrogens is 337 g/mol. The molecule has 128 valence electrons. The van der Waals surface area contributed by atoms with E-state index in [0.29, 0.717) is 17.1 Å². The van der Waals surface area contributed by atoms with Crippen LogP contribution in [0.2, 0.25) is 0 Å². The van der Waals surface area contributed by atoms with Crippen LogP contribution in [0.25, 0.3) is 11.4 Å². The highest BCUT2D eigenvalue weighted by Crippen LogP contribution is 2.34. The van der Waals surface area contributed by atoms with Gasteiger partial charge in [-0.15, -0.1) is 10.2 Å². The molecule has 0 fully saturated rings. The molecule has 2 amide bonds. The summed E-state index contributed by atoms with van der Waals surface area (Å²) in [4.78, 5) is 11.9. The molecule has 1 heterocycles. The van der Waals surface area contributed by atoms with Crippen molar-refractivity contribution in [1.29, 1.82) is 0 Å². The molecule has 0 aliphatic heterocycles. The average molecular weight is 348 g/mol. The lowest BCUT2D eigenvalue weighted by atomic mass is 10.1. The largest absolute Gasteiger partial charge is 0.418 e. The van der Waals surface area contributed by atoms with Gasteiger partial charge in [-0.2, -0.15) is 18.4 Å². The standard InChI is InChI=1S/C15H11F3N6O/c16-15(17,18)11-3-1-2-4-12(11)20-14(25)19-10-7-5-9(6-8-10)13-21-23-24-22-13/h1-8H,(H2,19,20,25)(H,21,22,23,24). The Bertz CT molecular complexity index is 862. The maximum atomic E-state index is 12.9. The lowest BCUT2D eigenvalue weighted by Gasteiger charge is -2.14. The molecule has 3 aromatic rings. The van der Waals surface area contributed by atoms with Crippen molar-refractivity contribution in [1.82, 2.24) is 20.6 Å². The molecule has 0 bridgehead atoms. The fraction of sp³-hybridized carbons (Fsp3) is 0.0667. The number of hydrogen-bond donors (Lipinski definition) is 3. The summed E-state index contributed by atoms with van der Waals surface area (Å²) < 4.78 is 38.7. The van der Waals surface area contributed by atoms with Gasteiger partial charge < -0.3 is 10.6 Å². The van der Waals surface area contributed by atoms with Crippen LogP contribution in [0.3, 0.4) is 0 Å². The summed E-state index contributed by atoms with van der Waals surface area (Å²) in [6.07, 6.45) is -4.56. The number of rotatable bonds is 3. The Morgan fingerprint density at radius 1 is 1.00 bits per heavy atom. The normalized spacial score (nSPS) is 11.2. The Morgan fingerprint density at radius 3 is 2.36 bits per heavy atom. The third-order valence-electron chi connectivity index (χ3n) is 3.23. The maximum Gasteiger partial charge on any atom is 0.418 e. The third-order valence-corrected chi connectivity index (χ3v) is 3.23. The topological polar surface area (TPSA) is 95.6 Å². The molecule has 3 rings (SSSR count).